The quantitative estimate of drug-likeness (QED) is 0.659. The van der Waals surface area contributed by atoms with Gasteiger partial charge in [-0.25, -0.2) is 9.67 Å². The van der Waals surface area contributed by atoms with E-state index in [4.69, 9.17) is 16.7 Å². The van der Waals surface area contributed by atoms with E-state index in [-0.39, 0.29) is 6.42 Å². The van der Waals surface area contributed by atoms with E-state index in [0.29, 0.717) is 23.1 Å². The lowest BCUT2D eigenvalue weighted by Gasteiger charge is -2.05. The van der Waals surface area contributed by atoms with Crippen molar-refractivity contribution >= 4 is 23.3 Å². The van der Waals surface area contributed by atoms with E-state index in [1.54, 1.807) is 35.4 Å². The third-order valence-corrected chi connectivity index (χ3v) is 3.79. The van der Waals surface area contributed by atoms with Gasteiger partial charge in [-0.1, -0.05) is 11.6 Å². The van der Waals surface area contributed by atoms with Crippen LogP contribution in [0, 0.1) is 6.92 Å². The lowest BCUT2D eigenvalue weighted by molar-refractivity contribution is -0.136. The molecule has 0 spiro atoms. The zero-order valence-corrected chi connectivity index (χ0v) is 14.2. The van der Waals surface area contributed by atoms with E-state index in [1.165, 1.54) is 0 Å². The normalized spacial score (nSPS) is 10.6. The number of aliphatic carboxylic acids is 1. The Hall–Kier alpha value is -2.93. The van der Waals surface area contributed by atoms with Crippen molar-refractivity contribution in [1.29, 1.82) is 0 Å². The fourth-order valence-corrected chi connectivity index (χ4v) is 2.40. The molecule has 0 saturated carbocycles. The lowest BCUT2D eigenvalue weighted by atomic mass is 10.2. The minimum atomic E-state index is -0.933. The SMILES string of the molecule is Cc1ccc(NCc2cn(-c3ccc(Cl)nc3)nc2CC(=O)O)cn1. The number of carboxylic acids is 1. The summed E-state index contributed by atoms with van der Waals surface area (Å²) in [5.74, 6) is -0.933. The smallest absolute Gasteiger partial charge is 0.309 e. The van der Waals surface area contributed by atoms with Gasteiger partial charge in [-0.3, -0.25) is 9.78 Å². The Balaban J connectivity index is 1.84. The predicted octanol–water partition coefficient (Wildman–Crippen LogP) is 2.86. The van der Waals surface area contributed by atoms with Gasteiger partial charge >= 0.3 is 5.97 Å². The number of nitrogens with one attached hydrogen (secondary N) is 1. The van der Waals surface area contributed by atoms with Crippen molar-refractivity contribution in [2.24, 2.45) is 0 Å². The van der Waals surface area contributed by atoms with Gasteiger partial charge in [0.15, 0.2) is 0 Å². The van der Waals surface area contributed by atoms with Gasteiger partial charge in [-0.05, 0) is 31.2 Å². The van der Waals surface area contributed by atoms with Gasteiger partial charge in [0.1, 0.15) is 5.15 Å². The Morgan fingerprint density at radius 3 is 2.72 bits per heavy atom. The second-order valence-electron chi connectivity index (χ2n) is 5.50. The molecule has 128 valence electrons. The van der Waals surface area contributed by atoms with Gasteiger partial charge < -0.3 is 10.4 Å². The summed E-state index contributed by atoms with van der Waals surface area (Å²) >= 11 is 5.80. The highest BCUT2D eigenvalue weighted by Crippen LogP contribution is 2.16. The van der Waals surface area contributed by atoms with Crippen molar-refractivity contribution < 1.29 is 9.90 Å². The first-order chi connectivity index (χ1) is 12.0. The summed E-state index contributed by atoms with van der Waals surface area (Å²) in [6, 6.07) is 7.26. The molecular weight excluding hydrogens is 342 g/mol. The number of nitrogens with zero attached hydrogens (tertiary/aromatic N) is 4. The molecule has 0 aliphatic heterocycles. The average Bonchev–Trinajstić information content (AvgIpc) is 2.97. The maximum atomic E-state index is 11.1. The molecule has 0 fully saturated rings. The highest BCUT2D eigenvalue weighted by Gasteiger charge is 2.13. The molecule has 3 aromatic heterocycles. The molecule has 25 heavy (non-hydrogen) atoms. The molecule has 8 heteroatoms. The Morgan fingerprint density at radius 1 is 1.24 bits per heavy atom. The highest BCUT2D eigenvalue weighted by molar-refractivity contribution is 6.29. The Bertz CT molecular complexity index is 875. The number of pyridine rings is 2. The van der Waals surface area contributed by atoms with Crippen LogP contribution >= 0.6 is 11.6 Å². The third kappa shape index (κ3) is 4.33. The van der Waals surface area contributed by atoms with Crippen LogP contribution < -0.4 is 5.32 Å². The number of carboxylic acid groups (broad SMARTS) is 1. The van der Waals surface area contributed by atoms with Gasteiger partial charge in [0.25, 0.3) is 0 Å². The molecule has 3 rings (SSSR count). The first-order valence-electron chi connectivity index (χ1n) is 7.59. The van der Waals surface area contributed by atoms with Crippen LogP contribution in [0.1, 0.15) is 17.0 Å². The van der Waals surface area contributed by atoms with E-state index in [1.807, 2.05) is 19.1 Å². The maximum absolute atomic E-state index is 11.1. The van der Waals surface area contributed by atoms with Crippen molar-refractivity contribution in [1.82, 2.24) is 19.7 Å². The van der Waals surface area contributed by atoms with Crippen LogP contribution in [0.15, 0.2) is 42.9 Å². The minimum Gasteiger partial charge on any atom is -0.481 e. The minimum absolute atomic E-state index is 0.156. The molecule has 0 aliphatic rings. The van der Waals surface area contributed by atoms with Gasteiger partial charge in [-0.15, -0.1) is 0 Å². The molecule has 3 aromatic rings. The van der Waals surface area contributed by atoms with Crippen molar-refractivity contribution in [2.45, 2.75) is 19.9 Å². The summed E-state index contributed by atoms with van der Waals surface area (Å²) in [5, 5.41) is 17.1. The molecule has 0 atom stereocenters. The molecule has 0 bridgehead atoms. The molecule has 0 aliphatic carbocycles. The maximum Gasteiger partial charge on any atom is 0.309 e. The van der Waals surface area contributed by atoms with E-state index in [2.05, 4.69) is 20.4 Å². The number of aryl methyl sites for hydroxylation is 1. The second kappa shape index (κ2) is 7.31. The lowest BCUT2D eigenvalue weighted by Crippen LogP contribution is -2.06. The van der Waals surface area contributed by atoms with Crippen LogP contribution in [0.3, 0.4) is 0 Å². The van der Waals surface area contributed by atoms with Crippen LogP contribution in [0.25, 0.3) is 5.69 Å². The Labute approximate surface area is 149 Å². The molecule has 0 unspecified atom stereocenters. The largest absolute Gasteiger partial charge is 0.481 e. The molecule has 3 heterocycles. The standard InChI is InChI=1S/C17H16ClN5O2/c1-11-2-3-13(8-19-11)20-7-12-10-23(22-15(12)6-17(24)25)14-4-5-16(18)21-9-14/h2-5,8-10,20H,6-7H2,1H3,(H,24,25). The summed E-state index contributed by atoms with van der Waals surface area (Å²) in [5.41, 5.74) is 3.78. The van der Waals surface area contributed by atoms with Gasteiger partial charge in [0.2, 0.25) is 0 Å². The predicted molar refractivity (Wildman–Crippen MR) is 94.0 cm³/mol. The summed E-state index contributed by atoms with van der Waals surface area (Å²) < 4.78 is 1.60. The summed E-state index contributed by atoms with van der Waals surface area (Å²) in [6.45, 7) is 2.35. The van der Waals surface area contributed by atoms with Crippen molar-refractivity contribution in [2.75, 3.05) is 5.32 Å². The topological polar surface area (TPSA) is 92.9 Å². The first-order valence-corrected chi connectivity index (χ1v) is 7.97. The second-order valence-corrected chi connectivity index (χ2v) is 5.88. The molecule has 7 nitrogen and oxygen atoms in total. The van der Waals surface area contributed by atoms with Gasteiger partial charge in [0.05, 0.1) is 35.9 Å². The van der Waals surface area contributed by atoms with Crippen molar-refractivity contribution in [3.05, 3.63) is 65.0 Å². The van der Waals surface area contributed by atoms with Crippen LogP contribution in [0.5, 0.6) is 0 Å². The molecular formula is C17H16ClN5O2. The number of aromatic nitrogens is 4. The molecule has 2 N–H and O–H groups in total. The zero-order chi connectivity index (χ0) is 17.8. The van der Waals surface area contributed by atoms with E-state index in [0.717, 1.165) is 16.9 Å². The fourth-order valence-electron chi connectivity index (χ4n) is 2.29. The van der Waals surface area contributed by atoms with Crippen LogP contribution in [-0.4, -0.2) is 30.8 Å². The Kier molecular flexibility index (Phi) is 4.95. The number of hydrogen-bond donors (Lipinski definition) is 2. The van der Waals surface area contributed by atoms with Crippen molar-refractivity contribution in [3.8, 4) is 5.69 Å². The Morgan fingerprint density at radius 2 is 2.08 bits per heavy atom. The van der Waals surface area contributed by atoms with Crippen LogP contribution in [0.4, 0.5) is 5.69 Å². The number of halogens is 1. The molecule has 0 aromatic carbocycles. The zero-order valence-electron chi connectivity index (χ0n) is 13.5. The number of carbonyl (C=O) groups is 1. The van der Waals surface area contributed by atoms with Crippen molar-refractivity contribution in [3.63, 3.8) is 0 Å². The summed E-state index contributed by atoms with van der Waals surface area (Å²) in [4.78, 5) is 19.4. The number of rotatable bonds is 6. The highest BCUT2D eigenvalue weighted by atomic mass is 35.5. The molecule has 0 radical (unpaired) electrons. The third-order valence-electron chi connectivity index (χ3n) is 3.57. The summed E-state index contributed by atoms with van der Waals surface area (Å²) in [7, 11) is 0. The number of anilines is 1. The molecule has 0 saturated heterocycles. The van der Waals surface area contributed by atoms with E-state index < -0.39 is 5.97 Å². The van der Waals surface area contributed by atoms with Crippen LogP contribution in [0.2, 0.25) is 5.15 Å². The summed E-state index contributed by atoms with van der Waals surface area (Å²) in [6.07, 6.45) is 4.95. The van der Waals surface area contributed by atoms with Gasteiger partial charge in [-0.2, -0.15) is 5.10 Å². The first kappa shape index (κ1) is 16.9. The fraction of sp³-hybridized carbons (Fsp3) is 0.176. The monoisotopic (exact) mass is 357 g/mol. The number of hydrogen-bond acceptors (Lipinski definition) is 5. The van der Waals surface area contributed by atoms with Crippen LogP contribution in [-0.2, 0) is 17.8 Å². The molecule has 0 amide bonds. The van der Waals surface area contributed by atoms with E-state index >= 15 is 0 Å². The average molecular weight is 358 g/mol. The van der Waals surface area contributed by atoms with E-state index in [9.17, 15) is 4.79 Å². The van der Waals surface area contributed by atoms with Gasteiger partial charge in [0, 0.05) is 24.0 Å².